The average Bonchev–Trinajstić information content (AvgIpc) is 1.92. The van der Waals surface area contributed by atoms with Crippen LogP contribution in [0.3, 0.4) is 0 Å². The monoisotopic (exact) mass is 397 g/mol. The van der Waals surface area contributed by atoms with E-state index >= 15 is 4.11 Å². The summed E-state index contributed by atoms with van der Waals surface area (Å²) in [4.78, 5) is 7.04. The van der Waals surface area contributed by atoms with Crippen LogP contribution >= 0.6 is 0 Å². The molecule has 0 N–H and O–H groups in total. The van der Waals surface area contributed by atoms with E-state index in [1.54, 1.807) is 0 Å². The molecule has 0 aromatic heterocycles. The van der Waals surface area contributed by atoms with Gasteiger partial charge in [0.25, 0.3) is 0 Å². The van der Waals surface area contributed by atoms with E-state index in [1.165, 1.54) is 0 Å². The van der Waals surface area contributed by atoms with E-state index < -0.39 is 27.2 Å². The zero-order valence-electron chi connectivity index (χ0n) is 15.3. The van der Waals surface area contributed by atoms with Gasteiger partial charge in [0.15, 0.2) is 0 Å². The van der Waals surface area contributed by atoms with Crippen LogP contribution in [0.15, 0.2) is 0 Å². The Morgan fingerprint density at radius 3 is 1.05 bits per heavy atom. The zero-order chi connectivity index (χ0) is 16.1. The van der Waals surface area contributed by atoms with Crippen LogP contribution in [0.5, 0.6) is 0 Å². The number of hydrogen-bond acceptors (Lipinski definition) is 1. The van der Waals surface area contributed by atoms with Crippen LogP contribution in [0.1, 0.15) is 62.3 Å². The van der Waals surface area contributed by atoms with Gasteiger partial charge in [-0.05, 0) is 0 Å². The van der Waals surface area contributed by atoms with Gasteiger partial charge in [0.1, 0.15) is 0 Å². The SMILES string of the molecule is CC(C)(C)[N]([Si](F)(C(C)(C)C)C(C)(C)C)[Sn]([CH3])([CH3])[CH3]. The third-order valence-electron chi connectivity index (χ3n) is 3.64. The third kappa shape index (κ3) is 3.97. The van der Waals surface area contributed by atoms with Gasteiger partial charge in [-0.1, -0.05) is 0 Å². The molecule has 0 fully saturated rings. The van der Waals surface area contributed by atoms with Crippen molar-refractivity contribution in [3.05, 3.63) is 0 Å². The van der Waals surface area contributed by atoms with Crippen LogP contribution in [0, 0.1) is 0 Å². The fraction of sp³-hybridized carbons (Fsp3) is 1.00. The molecule has 4 heteroatoms. The molecule has 0 radical (unpaired) electrons. The molecule has 0 bridgehead atoms. The average molecular weight is 396 g/mol. The van der Waals surface area contributed by atoms with Crippen LogP contribution < -0.4 is 0 Å². The predicted molar refractivity (Wildman–Crippen MR) is 91.2 cm³/mol. The van der Waals surface area contributed by atoms with E-state index in [-0.39, 0.29) is 15.6 Å². The zero-order valence-corrected chi connectivity index (χ0v) is 19.2. The van der Waals surface area contributed by atoms with E-state index in [0.29, 0.717) is 0 Å². The normalized spacial score (nSPS) is 16.1. The molecule has 0 aromatic carbocycles. The van der Waals surface area contributed by atoms with Gasteiger partial charge >= 0.3 is 127 Å². The Morgan fingerprint density at radius 2 is 1.00 bits per heavy atom. The summed E-state index contributed by atoms with van der Waals surface area (Å²) in [6.45, 7) is 19.2. The summed E-state index contributed by atoms with van der Waals surface area (Å²) >= 11 is -2.56. The van der Waals surface area contributed by atoms with Crippen molar-refractivity contribution in [3.8, 4) is 0 Å². The summed E-state index contributed by atoms with van der Waals surface area (Å²) in [6, 6.07) is 0. The van der Waals surface area contributed by atoms with Crippen LogP contribution in [0.25, 0.3) is 0 Å². The molecular weight excluding hydrogens is 360 g/mol. The van der Waals surface area contributed by atoms with Gasteiger partial charge < -0.3 is 0 Å². The van der Waals surface area contributed by atoms with Crippen molar-refractivity contribution in [2.24, 2.45) is 0 Å². The number of nitrogens with zero attached hydrogens (tertiary/aromatic N) is 1. The summed E-state index contributed by atoms with van der Waals surface area (Å²) in [7, 11) is -3.13. The van der Waals surface area contributed by atoms with Gasteiger partial charge in [-0.15, -0.1) is 0 Å². The fourth-order valence-electron chi connectivity index (χ4n) is 3.73. The van der Waals surface area contributed by atoms with Crippen molar-refractivity contribution >= 4 is 27.2 Å². The molecule has 0 unspecified atom stereocenters. The molecule has 0 spiro atoms. The van der Waals surface area contributed by atoms with Crippen LogP contribution in [0.4, 0.5) is 4.11 Å². The van der Waals surface area contributed by atoms with Gasteiger partial charge in [-0.2, -0.15) is 0 Å². The van der Waals surface area contributed by atoms with E-state index in [2.05, 4.69) is 79.9 Å². The van der Waals surface area contributed by atoms with E-state index in [0.717, 1.165) is 0 Å². The Hall–Kier alpha value is 0.906. The first-order valence-corrected chi connectivity index (χ1v) is 19.0. The van der Waals surface area contributed by atoms with Crippen molar-refractivity contribution in [2.45, 2.75) is 92.7 Å². The predicted octanol–water partition coefficient (Wildman–Crippen LogP) is 5.93. The molecule has 0 heterocycles. The first-order valence-electron chi connectivity index (χ1n) is 7.36. The Balaban J connectivity index is 6.28. The summed E-state index contributed by atoms with van der Waals surface area (Å²) in [6.07, 6.45) is 0. The minimum atomic E-state index is -3.13. The minimum absolute atomic E-state index is 0.0874. The van der Waals surface area contributed by atoms with Gasteiger partial charge in [-0.3, -0.25) is 0 Å². The Kier molecular flexibility index (Phi) is 5.52. The standard InChI is InChI=1S/C12H27FNSi.3CH3.Sn/c1-10(2,3)14-15(13,11(4,5)6)12(7,8)9;;;;/h1-9H3;3*1H3;/q-1;;;;+1. The first kappa shape index (κ1) is 19.9. The number of halogens is 1. The molecule has 0 amide bonds. The second-order valence-electron chi connectivity index (χ2n) is 9.80. The molecule has 0 aliphatic carbocycles. The number of rotatable bonds is 2. The summed E-state index contributed by atoms with van der Waals surface area (Å²) < 4.78 is 19.0. The van der Waals surface area contributed by atoms with E-state index in [9.17, 15) is 0 Å². The number of hydrogen-bond donors (Lipinski definition) is 0. The molecule has 0 saturated carbocycles. The van der Waals surface area contributed by atoms with Gasteiger partial charge in [-0.25, -0.2) is 0 Å². The molecule has 1 nitrogen and oxygen atoms in total. The van der Waals surface area contributed by atoms with Crippen molar-refractivity contribution in [2.75, 3.05) is 0 Å². The second kappa shape index (κ2) is 5.27. The maximum absolute atomic E-state index is 16.6. The molecule has 0 rings (SSSR count). The quantitative estimate of drug-likeness (QED) is 0.413. The van der Waals surface area contributed by atoms with Crippen molar-refractivity contribution in [1.82, 2.24) is 2.79 Å². The van der Waals surface area contributed by atoms with Crippen molar-refractivity contribution in [3.63, 3.8) is 0 Å². The Labute approximate surface area is 126 Å². The molecule has 0 aromatic rings. The van der Waals surface area contributed by atoms with E-state index in [1.807, 2.05) is 0 Å². The Bertz CT molecular complexity index is 287. The third-order valence-corrected chi connectivity index (χ3v) is 21.8. The van der Waals surface area contributed by atoms with Gasteiger partial charge in [0.05, 0.1) is 0 Å². The molecule has 0 aliphatic rings. The van der Waals surface area contributed by atoms with Crippen LogP contribution in [-0.2, 0) is 0 Å². The Morgan fingerprint density at radius 1 is 0.737 bits per heavy atom. The van der Waals surface area contributed by atoms with Gasteiger partial charge in [0.2, 0.25) is 0 Å². The second-order valence-corrected chi connectivity index (χ2v) is 29.4. The summed E-state index contributed by atoms with van der Waals surface area (Å²) in [5, 5.41) is -0.550. The van der Waals surface area contributed by atoms with Crippen LogP contribution in [0.2, 0.25) is 24.9 Å². The first-order chi connectivity index (χ1) is 7.87. The molecule has 116 valence electrons. The maximum atomic E-state index is 16.6. The topological polar surface area (TPSA) is 3.24 Å². The molecule has 0 aliphatic heterocycles. The van der Waals surface area contributed by atoms with E-state index in [4.69, 9.17) is 0 Å². The summed E-state index contributed by atoms with van der Waals surface area (Å²) in [5.74, 6) is 0. The molecule has 19 heavy (non-hydrogen) atoms. The molecular formula is C15H36FNSiSn. The summed E-state index contributed by atoms with van der Waals surface area (Å²) in [5.41, 5.74) is -0.0874. The molecule has 0 saturated heterocycles. The van der Waals surface area contributed by atoms with Gasteiger partial charge in [0, 0.05) is 0 Å². The fourth-order valence-corrected chi connectivity index (χ4v) is 28.6. The molecule has 0 atom stereocenters. The van der Waals surface area contributed by atoms with Crippen molar-refractivity contribution in [1.29, 1.82) is 0 Å². The van der Waals surface area contributed by atoms with Crippen LogP contribution in [-0.4, -0.2) is 35.5 Å². The van der Waals surface area contributed by atoms with Crippen molar-refractivity contribution < 1.29 is 4.11 Å².